The van der Waals surface area contributed by atoms with Crippen molar-refractivity contribution in [1.29, 1.82) is 0 Å². The van der Waals surface area contributed by atoms with Crippen LogP contribution in [0.1, 0.15) is 69.8 Å². The Labute approximate surface area is 184 Å². The van der Waals surface area contributed by atoms with Crippen molar-refractivity contribution in [3.8, 4) is 0 Å². The van der Waals surface area contributed by atoms with E-state index < -0.39 is 0 Å². The molecule has 0 saturated heterocycles. The second-order valence-corrected chi connectivity index (χ2v) is 8.59. The van der Waals surface area contributed by atoms with Gasteiger partial charge in [-0.1, -0.05) is 57.4 Å². The molecule has 0 bridgehead atoms. The molecule has 3 aromatic rings. The van der Waals surface area contributed by atoms with E-state index in [2.05, 4.69) is 27.9 Å². The zero-order valence-corrected chi connectivity index (χ0v) is 18.7. The molecule has 0 amide bonds. The molecule has 0 aliphatic carbocycles. The first-order chi connectivity index (χ1) is 15.1. The summed E-state index contributed by atoms with van der Waals surface area (Å²) in [6.45, 7) is 3.47. The zero-order chi connectivity index (χ0) is 22.1. The molecule has 0 unspecified atom stereocenters. The third kappa shape index (κ3) is 6.61. The molecule has 2 aromatic heterocycles. The Balaban J connectivity index is 1.19. The number of aromatic nitrogens is 3. The summed E-state index contributed by atoms with van der Waals surface area (Å²) in [6.07, 6.45) is 16.1. The Morgan fingerprint density at radius 2 is 1.39 bits per heavy atom. The van der Waals surface area contributed by atoms with Crippen molar-refractivity contribution in [3.05, 3.63) is 63.1 Å². The second kappa shape index (κ2) is 11.6. The molecule has 1 aromatic carbocycles. The summed E-state index contributed by atoms with van der Waals surface area (Å²) in [5.41, 5.74) is 8.13. The molecule has 6 heteroatoms. The van der Waals surface area contributed by atoms with Crippen molar-refractivity contribution in [2.45, 2.75) is 84.2 Å². The van der Waals surface area contributed by atoms with E-state index in [-0.39, 0.29) is 11.2 Å². The highest BCUT2D eigenvalue weighted by atomic mass is 16.2. The number of benzene rings is 1. The number of unbranched alkanes of at least 4 members (excludes halogenated alkanes) is 9. The average molecular weight is 425 g/mol. The highest BCUT2D eigenvalue weighted by Gasteiger charge is 2.03. The fourth-order valence-corrected chi connectivity index (χ4v) is 4.21. The van der Waals surface area contributed by atoms with Crippen LogP contribution >= 0.6 is 0 Å². The lowest BCUT2D eigenvalue weighted by atomic mass is 10.1. The third-order valence-electron chi connectivity index (χ3n) is 6.08. The Hall–Kier alpha value is -2.76. The maximum absolute atomic E-state index is 11.7. The van der Waals surface area contributed by atoms with Gasteiger partial charge in [0.2, 0.25) is 0 Å². The number of nitrogens with zero attached hydrogens (tertiary/aromatic N) is 2. The lowest BCUT2D eigenvalue weighted by Crippen LogP contribution is -2.30. The summed E-state index contributed by atoms with van der Waals surface area (Å²) in [7, 11) is 0. The summed E-state index contributed by atoms with van der Waals surface area (Å²) in [6, 6.07) is 8.25. The summed E-state index contributed by atoms with van der Waals surface area (Å²) in [5, 5.41) is 1.16. The molecule has 0 aliphatic rings. The first-order valence-corrected chi connectivity index (χ1v) is 11.7. The first-order valence-electron chi connectivity index (χ1n) is 11.7. The van der Waals surface area contributed by atoms with Gasteiger partial charge in [0.05, 0.1) is 5.52 Å². The number of hydrogen-bond acceptors (Lipinski definition) is 3. The minimum atomic E-state index is -0.301. The lowest BCUT2D eigenvalue weighted by Gasteiger charge is -2.07. The molecule has 3 rings (SSSR count). The molecular formula is C25H36N4O2. The molecule has 0 aliphatic heterocycles. The Bertz CT molecular complexity index is 1080. The molecule has 6 nitrogen and oxygen atoms in total. The number of nitrogen functional groups attached to an aromatic ring is 1. The Morgan fingerprint density at radius 1 is 0.806 bits per heavy atom. The van der Waals surface area contributed by atoms with Crippen LogP contribution in [0.4, 0.5) is 5.69 Å². The van der Waals surface area contributed by atoms with Crippen LogP contribution in [-0.2, 0) is 13.1 Å². The maximum Gasteiger partial charge on any atom is 0.328 e. The molecular weight excluding hydrogens is 388 g/mol. The summed E-state index contributed by atoms with van der Waals surface area (Å²) >= 11 is 0. The van der Waals surface area contributed by atoms with Crippen LogP contribution in [0.15, 0.2) is 46.2 Å². The second-order valence-electron chi connectivity index (χ2n) is 8.59. The summed E-state index contributed by atoms with van der Waals surface area (Å²) in [5.74, 6) is 0. The van der Waals surface area contributed by atoms with Crippen LogP contribution in [0.25, 0.3) is 10.9 Å². The van der Waals surface area contributed by atoms with E-state index >= 15 is 0 Å². The van der Waals surface area contributed by atoms with Gasteiger partial charge in [0.1, 0.15) is 0 Å². The van der Waals surface area contributed by atoms with Gasteiger partial charge >= 0.3 is 5.69 Å². The van der Waals surface area contributed by atoms with Crippen LogP contribution < -0.4 is 17.0 Å². The number of anilines is 1. The SMILES string of the molecule is Cc1cn(CCCCCCCCCCCCn2ccc3c(N)cccc32)c(=O)[nH]c1=O. The Kier molecular flexibility index (Phi) is 8.56. The molecule has 3 N–H and O–H groups in total. The van der Waals surface area contributed by atoms with E-state index in [9.17, 15) is 9.59 Å². The fraction of sp³-hybridized carbons (Fsp3) is 0.520. The number of aromatic amines is 1. The van der Waals surface area contributed by atoms with E-state index in [1.165, 1.54) is 56.9 Å². The molecule has 0 atom stereocenters. The largest absolute Gasteiger partial charge is 0.398 e. The molecule has 0 spiro atoms. The van der Waals surface area contributed by atoms with E-state index in [1.807, 2.05) is 12.1 Å². The first kappa shape index (κ1) is 22.9. The minimum absolute atomic E-state index is 0.287. The number of nitrogens with two attached hydrogens (primary N) is 1. The van der Waals surface area contributed by atoms with Gasteiger partial charge in [-0.25, -0.2) is 4.79 Å². The zero-order valence-electron chi connectivity index (χ0n) is 18.7. The van der Waals surface area contributed by atoms with Crippen LogP contribution in [0.2, 0.25) is 0 Å². The normalized spacial score (nSPS) is 11.4. The van der Waals surface area contributed by atoms with Crippen LogP contribution in [-0.4, -0.2) is 14.1 Å². The van der Waals surface area contributed by atoms with Gasteiger partial charge in [0.15, 0.2) is 0 Å². The number of hydrogen-bond donors (Lipinski definition) is 2. The van der Waals surface area contributed by atoms with Crippen molar-refractivity contribution >= 4 is 16.6 Å². The van der Waals surface area contributed by atoms with Crippen LogP contribution in [0.5, 0.6) is 0 Å². The predicted octanol–water partition coefficient (Wildman–Crippen LogP) is 4.98. The van der Waals surface area contributed by atoms with Gasteiger partial charge < -0.3 is 14.9 Å². The number of H-pyrrole nitrogens is 1. The standard InChI is InChI=1S/C25H36N4O2/c1-20-19-29(25(31)27-24(20)30)17-11-9-7-5-3-2-4-6-8-10-16-28-18-15-21-22(26)13-12-14-23(21)28/h12-15,18-19H,2-11,16-17,26H2,1H3,(H,27,30,31). The van der Waals surface area contributed by atoms with Crippen LogP contribution in [0.3, 0.4) is 0 Å². The van der Waals surface area contributed by atoms with Gasteiger partial charge in [-0.3, -0.25) is 9.78 Å². The summed E-state index contributed by atoms with van der Waals surface area (Å²) in [4.78, 5) is 25.5. The highest BCUT2D eigenvalue weighted by Crippen LogP contribution is 2.22. The van der Waals surface area contributed by atoms with Gasteiger partial charge in [-0.2, -0.15) is 0 Å². The predicted molar refractivity (Wildman–Crippen MR) is 129 cm³/mol. The van der Waals surface area contributed by atoms with Crippen molar-refractivity contribution in [3.63, 3.8) is 0 Å². The van der Waals surface area contributed by atoms with E-state index in [1.54, 1.807) is 17.7 Å². The highest BCUT2D eigenvalue weighted by molar-refractivity contribution is 5.91. The number of rotatable bonds is 13. The van der Waals surface area contributed by atoms with Crippen molar-refractivity contribution in [2.75, 3.05) is 5.73 Å². The van der Waals surface area contributed by atoms with Gasteiger partial charge in [0.25, 0.3) is 5.56 Å². The summed E-state index contributed by atoms with van der Waals surface area (Å²) < 4.78 is 3.93. The quantitative estimate of drug-likeness (QED) is 0.300. The average Bonchev–Trinajstić information content (AvgIpc) is 3.17. The number of fused-ring (bicyclic) bond motifs is 1. The fourth-order valence-electron chi connectivity index (χ4n) is 4.21. The molecule has 0 fully saturated rings. The van der Waals surface area contributed by atoms with Crippen molar-refractivity contribution in [1.82, 2.24) is 14.1 Å². The third-order valence-corrected chi connectivity index (χ3v) is 6.08. The maximum atomic E-state index is 11.7. The molecule has 2 heterocycles. The monoisotopic (exact) mass is 424 g/mol. The smallest absolute Gasteiger partial charge is 0.328 e. The van der Waals surface area contributed by atoms with E-state index in [4.69, 9.17) is 5.73 Å². The van der Waals surface area contributed by atoms with Gasteiger partial charge in [-0.15, -0.1) is 0 Å². The van der Waals surface area contributed by atoms with E-state index in [0.29, 0.717) is 12.1 Å². The number of aryl methyl sites for hydroxylation is 3. The molecule has 31 heavy (non-hydrogen) atoms. The Morgan fingerprint density at radius 3 is 2.03 bits per heavy atom. The topological polar surface area (TPSA) is 85.8 Å². The van der Waals surface area contributed by atoms with Crippen molar-refractivity contribution < 1.29 is 0 Å². The lowest BCUT2D eigenvalue weighted by molar-refractivity contribution is 0.517. The van der Waals surface area contributed by atoms with Gasteiger partial charge in [-0.05, 0) is 38.0 Å². The van der Waals surface area contributed by atoms with Crippen molar-refractivity contribution in [2.24, 2.45) is 0 Å². The van der Waals surface area contributed by atoms with Gasteiger partial charge in [0, 0.05) is 42.1 Å². The molecule has 0 saturated carbocycles. The molecule has 168 valence electrons. The number of nitrogens with one attached hydrogen (secondary N) is 1. The minimum Gasteiger partial charge on any atom is -0.398 e. The molecule has 0 radical (unpaired) electrons. The van der Waals surface area contributed by atoms with E-state index in [0.717, 1.165) is 30.5 Å². The van der Waals surface area contributed by atoms with Crippen LogP contribution in [0, 0.1) is 6.92 Å².